The van der Waals surface area contributed by atoms with E-state index in [-0.39, 0.29) is 18.1 Å². The third-order valence-corrected chi connectivity index (χ3v) is 4.35. The van der Waals surface area contributed by atoms with Gasteiger partial charge in [-0.25, -0.2) is 4.98 Å². The molecule has 4 rings (SSSR count). The van der Waals surface area contributed by atoms with E-state index < -0.39 is 0 Å². The molecule has 2 heterocycles. The highest BCUT2D eigenvalue weighted by Crippen LogP contribution is 2.20. The molecule has 2 aromatic carbocycles. The van der Waals surface area contributed by atoms with Crippen molar-refractivity contribution in [2.45, 2.75) is 13.5 Å². The van der Waals surface area contributed by atoms with Crippen molar-refractivity contribution in [3.05, 3.63) is 88.0 Å². The summed E-state index contributed by atoms with van der Waals surface area (Å²) < 4.78 is 17.3. The first-order valence-electron chi connectivity index (χ1n) is 9.20. The highest BCUT2D eigenvalue weighted by molar-refractivity contribution is 6.04. The molecule has 0 aliphatic rings. The third-order valence-electron chi connectivity index (χ3n) is 4.35. The Morgan fingerprint density at radius 2 is 1.90 bits per heavy atom. The van der Waals surface area contributed by atoms with Crippen LogP contribution in [-0.4, -0.2) is 22.6 Å². The molecule has 2 aromatic heterocycles. The number of aryl methyl sites for hydroxylation is 1. The van der Waals surface area contributed by atoms with Crippen LogP contribution >= 0.6 is 0 Å². The van der Waals surface area contributed by atoms with Crippen molar-refractivity contribution in [2.75, 3.05) is 12.4 Å². The lowest BCUT2D eigenvalue weighted by atomic mass is 10.2. The van der Waals surface area contributed by atoms with Crippen LogP contribution in [0.1, 0.15) is 21.8 Å². The number of anilines is 1. The Morgan fingerprint density at radius 3 is 2.67 bits per heavy atom. The van der Waals surface area contributed by atoms with Crippen molar-refractivity contribution >= 4 is 17.2 Å². The third kappa shape index (κ3) is 4.17. The van der Waals surface area contributed by atoms with E-state index in [1.165, 1.54) is 6.07 Å². The predicted octanol–water partition coefficient (Wildman–Crippen LogP) is 3.44. The Kier molecular flexibility index (Phi) is 5.21. The number of nitrogens with one attached hydrogen (secondary N) is 1. The van der Waals surface area contributed by atoms with E-state index in [0.29, 0.717) is 39.9 Å². The van der Waals surface area contributed by atoms with E-state index in [2.05, 4.69) is 10.3 Å². The maximum atomic E-state index is 12.4. The van der Waals surface area contributed by atoms with E-state index >= 15 is 0 Å². The van der Waals surface area contributed by atoms with Gasteiger partial charge in [0.15, 0.2) is 5.65 Å². The molecule has 1 amide bonds. The molecule has 0 fully saturated rings. The van der Waals surface area contributed by atoms with Gasteiger partial charge in [0.1, 0.15) is 23.9 Å². The molecule has 0 atom stereocenters. The van der Waals surface area contributed by atoms with Crippen molar-refractivity contribution in [2.24, 2.45) is 0 Å². The molecular weight excluding hydrogens is 386 g/mol. The summed E-state index contributed by atoms with van der Waals surface area (Å²) in [4.78, 5) is 28.9. The van der Waals surface area contributed by atoms with Crippen LogP contribution in [0, 0.1) is 6.92 Å². The molecular formula is C22H19N3O5. The van der Waals surface area contributed by atoms with Gasteiger partial charge in [-0.1, -0.05) is 6.07 Å². The zero-order valence-corrected chi connectivity index (χ0v) is 16.4. The maximum Gasteiger partial charge on any atom is 0.287 e. The van der Waals surface area contributed by atoms with Gasteiger partial charge >= 0.3 is 0 Å². The molecule has 0 radical (unpaired) electrons. The molecule has 0 saturated carbocycles. The van der Waals surface area contributed by atoms with Gasteiger partial charge in [-0.15, -0.1) is 4.57 Å². The summed E-state index contributed by atoms with van der Waals surface area (Å²) in [5, 5.41) is 2.83. The Labute approximate surface area is 171 Å². The number of hydrogen-bond donors (Lipinski definition) is 1. The van der Waals surface area contributed by atoms with Crippen molar-refractivity contribution in [3.63, 3.8) is 0 Å². The first kappa shape index (κ1) is 19.3. The molecule has 1 N–H and O–H groups in total. The number of carbonyl (C=O) groups excluding carboxylic acids is 1. The van der Waals surface area contributed by atoms with Crippen LogP contribution in [0.3, 0.4) is 0 Å². The van der Waals surface area contributed by atoms with E-state index in [1.54, 1.807) is 68.6 Å². The molecule has 152 valence electrons. The van der Waals surface area contributed by atoms with Gasteiger partial charge < -0.3 is 19.3 Å². The fraction of sp³-hybridized carbons (Fsp3) is 0.136. The van der Waals surface area contributed by atoms with Crippen LogP contribution in [0.2, 0.25) is 0 Å². The Bertz CT molecular complexity index is 1260. The number of ether oxygens (including phenoxy) is 2. The molecule has 0 saturated heterocycles. The second-order valence-electron chi connectivity index (χ2n) is 6.58. The number of fused-ring (bicyclic) bond motifs is 1. The number of benzene rings is 2. The van der Waals surface area contributed by atoms with Gasteiger partial charge in [-0.05, 0) is 43.3 Å². The summed E-state index contributed by atoms with van der Waals surface area (Å²) in [6.07, 6.45) is 0. The summed E-state index contributed by atoms with van der Waals surface area (Å²) in [6, 6.07) is 16.9. The Morgan fingerprint density at radius 1 is 1.10 bits per heavy atom. The van der Waals surface area contributed by atoms with Gasteiger partial charge in [0.05, 0.1) is 12.8 Å². The Hall–Kier alpha value is -4.07. The Balaban J connectivity index is 1.44. The van der Waals surface area contributed by atoms with E-state index in [0.717, 1.165) is 4.57 Å². The molecule has 30 heavy (non-hydrogen) atoms. The van der Waals surface area contributed by atoms with Crippen molar-refractivity contribution in [1.29, 1.82) is 0 Å². The molecule has 0 aliphatic heterocycles. The summed E-state index contributed by atoms with van der Waals surface area (Å²) in [6.45, 7) is 1.85. The topological polar surface area (TPSA) is 95.1 Å². The lowest BCUT2D eigenvalue weighted by Gasteiger charge is -2.09. The van der Waals surface area contributed by atoms with Crippen LogP contribution in [0.5, 0.6) is 11.5 Å². The van der Waals surface area contributed by atoms with Gasteiger partial charge in [-0.3, -0.25) is 9.59 Å². The van der Waals surface area contributed by atoms with Crippen molar-refractivity contribution < 1.29 is 18.8 Å². The van der Waals surface area contributed by atoms with E-state index in [1.807, 2.05) is 0 Å². The van der Waals surface area contributed by atoms with Gasteiger partial charge in [0.25, 0.3) is 11.5 Å². The summed E-state index contributed by atoms with van der Waals surface area (Å²) in [5.74, 6) is 1.56. The van der Waals surface area contributed by atoms with Crippen LogP contribution in [0.15, 0.2) is 70.0 Å². The number of nitrogens with zero attached hydrogens (tertiary/aromatic N) is 2. The van der Waals surface area contributed by atoms with Crippen LogP contribution in [0.25, 0.3) is 5.65 Å². The van der Waals surface area contributed by atoms with E-state index in [9.17, 15) is 9.59 Å². The fourth-order valence-corrected chi connectivity index (χ4v) is 2.91. The molecule has 8 heteroatoms. The quantitative estimate of drug-likeness (QED) is 0.528. The van der Waals surface area contributed by atoms with Crippen molar-refractivity contribution in [3.8, 4) is 11.5 Å². The summed E-state index contributed by atoms with van der Waals surface area (Å²) in [5.41, 5.74) is 1.69. The zero-order valence-electron chi connectivity index (χ0n) is 16.4. The van der Waals surface area contributed by atoms with Crippen LogP contribution < -0.4 is 20.3 Å². The predicted molar refractivity (Wildman–Crippen MR) is 110 cm³/mol. The molecule has 0 bridgehead atoms. The van der Waals surface area contributed by atoms with Crippen LogP contribution in [0.4, 0.5) is 5.69 Å². The number of amides is 1. The number of methoxy groups -OCH3 is 1. The molecule has 0 aliphatic carbocycles. The minimum atomic E-state index is -0.313. The first-order valence-corrected chi connectivity index (χ1v) is 9.20. The standard InChI is InChI=1S/C22H19N3O5/c1-14-10-20-23-17(12-21(26)25(20)30-14)13-29-19-5-3-4-16(11-19)24-22(27)15-6-8-18(28-2)9-7-15/h3-12H,13H2,1-2H3,(H,24,27). The smallest absolute Gasteiger partial charge is 0.287 e. The largest absolute Gasteiger partial charge is 0.497 e. The first-order chi connectivity index (χ1) is 14.5. The molecule has 0 spiro atoms. The monoisotopic (exact) mass is 405 g/mol. The zero-order chi connectivity index (χ0) is 21.1. The second-order valence-corrected chi connectivity index (χ2v) is 6.58. The van der Waals surface area contributed by atoms with Crippen molar-refractivity contribution in [1.82, 2.24) is 9.56 Å². The average Bonchev–Trinajstić information content (AvgIpc) is 3.13. The number of aromatic nitrogens is 2. The number of hydrogen-bond acceptors (Lipinski definition) is 6. The minimum absolute atomic E-state index is 0.103. The highest BCUT2D eigenvalue weighted by atomic mass is 16.5. The number of carbonyl (C=O) groups is 1. The van der Waals surface area contributed by atoms with Gasteiger partial charge in [0, 0.05) is 29.4 Å². The average molecular weight is 405 g/mol. The maximum absolute atomic E-state index is 12.4. The van der Waals surface area contributed by atoms with E-state index in [4.69, 9.17) is 14.0 Å². The van der Waals surface area contributed by atoms with Gasteiger partial charge in [-0.2, -0.15) is 0 Å². The van der Waals surface area contributed by atoms with Gasteiger partial charge in [0.2, 0.25) is 0 Å². The summed E-state index contributed by atoms with van der Waals surface area (Å²) >= 11 is 0. The normalized spacial score (nSPS) is 10.7. The lowest BCUT2D eigenvalue weighted by molar-refractivity contribution is 0.102. The van der Waals surface area contributed by atoms with Crippen LogP contribution in [-0.2, 0) is 6.61 Å². The molecule has 4 aromatic rings. The lowest BCUT2D eigenvalue weighted by Crippen LogP contribution is -2.14. The molecule has 8 nitrogen and oxygen atoms in total. The molecule has 0 unspecified atom stereocenters. The highest BCUT2D eigenvalue weighted by Gasteiger charge is 2.09. The minimum Gasteiger partial charge on any atom is -0.497 e. The SMILES string of the molecule is COc1ccc(C(=O)Nc2cccc(OCc3cc(=O)n4oc(C)cc4n3)c2)cc1. The summed E-state index contributed by atoms with van der Waals surface area (Å²) in [7, 11) is 1.57. The number of rotatable bonds is 6. The fourth-order valence-electron chi connectivity index (χ4n) is 2.91. The second kappa shape index (κ2) is 8.12.